The third kappa shape index (κ3) is 3.58. The van der Waals surface area contributed by atoms with Crippen molar-refractivity contribution in [2.75, 3.05) is 18.5 Å². The van der Waals surface area contributed by atoms with E-state index in [1.807, 2.05) is 62.4 Å². The normalized spacial score (nSPS) is 17.0. The molecule has 2 aromatic carbocycles. The minimum atomic E-state index is -0.575. The largest absolute Gasteiger partial charge is 0.341 e. The van der Waals surface area contributed by atoms with Gasteiger partial charge >= 0.3 is 0 Å². The molecule has 0 N–H and O–H groups in total. The van der Waals surface area contributed by atoms with Crippen LogP contribution < -0.4 is 4.90 Å². The molecule has 0 saturated carbocycles. The SMILES string of the molecule is Cc1ccc(C)c(N2CCC(C(=O)N(C)Cc3ccccc3)C2=O)c1. The summed E-state index contributed by atoms with van der Waals surface area (Å²) in [4.78, 5) is 29.0. The first-order valence-electron chi connectivity index (χ1n) is 8.65. The molecule has 1 aliphatic heterocycles. The molecule has 4 nitrogen and oxygen atoms in total. The predicted octanol–water partition coefficient (Wildman–Crippen LogP) is 3.31. The van der Waals surface area contributed by atoms with E-state index in [4.69, 9.17) is 0 Å². The summed E-state index contributed by atoms with van der Waals surface area (Å²) in [5.41, 5.74) is 4.16. The molecule has 0 aliphatic carbocycles. The molecular formula is C21H24N2O2. The molecule has 1 heterocycles. The third-order valence-corrected chi connectivity index (χ3v) is 4.80. The van der Waals surface area contributed by atoms with Gasteiger partial charge in [0.2, 0.25) is 11.8 Å². The van der Waals surface area contributed by atoms with Gasteiger partial charge in [-0.2, -0.15) is 0 Å². The molecule has 1 aliphatic rings. The van der Waals surface area contributed by atoms with Crippen LogP contribution in [0.3, 0.4) is 0 Å². The minimum Gasteiger partial charge on any atom is -0.341 e. The van der Waals surface area contributed by atoms with Crippen LogP contribution in [0, 0.1) is 19.8 Å². The topological polar surface area (TPSA) is 40.6 Å². The summed E-state index contributed by atoms with van der Waals surface area (Å²) in [5, 5.41) is 0. The lowest BCUT2D eigenvalue weighted by molar-refractivity contribution is -0.139. The van der Waals surface area contributed by atoms with Gasteiger partial charge in [0.05, 0.1) is 0 Å². The average Bonchev–Trinajstić information content (AvgIpc) is 2.98. The molecular weight excluding hydrogens is 312 g/mol. The van der Waals surface area contributed by atoms with Crippen molar-refractivity contribution in [1.29, 1.82) is 0 Å². The van der Waals surface area contributed by atoms with E-state index in [9.17, 15) is 9.59 Å². The van der Waals surface area contributed by atoms with Crippen LogP contribution in [0.5, 0.6) is 0 Å². The fourth-order valence-electron chi connectivity index (χ4n) is 3.36. The zero-order valence-corrected chi connectivity index (χ0v) is 15.0. The van der Waals surface area contributed by atoms with Crippen LogP contribution in [-0.4, -0.2) is 30.3 Å². The predicted molar refractivity (Wildman–Crippen MR) is 99.3 cm³/mol. The van der Waals surface area contributed by atoms with E-state index in [1.54, 1.807) is 16.8 Å². The van der Waals surface area contributed by atoms with Crippen LogP contribution in [0.25, 0.3) is 0 Å². The first kappa shape index (κ1) is 17.2. The number of hydrogen-bond donors (Lipinski definition) is 0. The first-order valence-corrected chi connectivity index (χ1v) is 8.65. The number of amides is 2. The lowest BCUT2D eigenvalue weighted by Crippen LogP contribution is -2.38. The number of rotatable bonds is 4. The Bertz CT molecular complexity index is 786. The summed E-state index contributed by atoms with van der Waals surface area (Å²) in [7, 11) is 1.77. The molecule has 0 radical (unpaired) electrons. The maximum absolute atomic E-state index is 12.8. The van der Waals surface area contributed by atoms with Crippen molar-refractivity contribution in [3.63, 3.8) is 0 Å². The van der Waals surface area contributed by atoms with Crippen molar-refractivity contribution in [2.24, 2.45) is 5.92 Å². The average molecular weight is 336 g/mol. The zero-order valence-electron chi connectivity index (χ0n) is 15.0. The molecule has 0 bridgehead atoms. The quantitative estimate of drug-likeness (QED) is 0.804. The molecule has 1 unspecified atom stereocenters. The molecule has 1 saturated heterocycles. The molecule has 2 aromatic rings. The van der Waals surface area contributed by atoms with E-state index < -0.39 is 5.92 Å². The Balaban J connectivity index is 1.73. The monoisotopic (exact) mass is 336 g/mol. The molecule has 130 valence electrons. The van der Waals surface area contributed by atoms with E-state index in [2.05, 4.69) is 0 Å². The Morgan fingerprint density at radius 3 is 2.60 bits per heavy atom. The maximum atomic E-state index is 12.8. The summed E-state index contributed by atoms with van der Waals surface area (Å²) in [6.07, 6.45) is 0.574. The Morgan fingerprint density at radius 2 is 1.88 bits per heavy atom. The second kappa shape index (κ2) is 7.09. The number of benzene rings is 2. The molecule has 1 atom stereocenters. The van der Waals surface area contributed by atoms with E-state index >= 15 is 0 Å². The number of aryl methyl sites for hydroxylation is 2. The Kier molecular flexibility index (Phi) is 4.88. The van der Waals surface area contributed by atoms with Gasteiger partial charge in [0.25, 0.3) is 0 Å². The number of carbonyl (C=O) groups is 2. The van der Waals surface area contributed by atoms with Crippen LogP contribution in [0.4, 0.5) is 5.69 Å². The summed E-state index contributed by atoms with van der Waals surface area (Å²) >= 11 is 0. The highest BCUT2D eigenvalue weighted by Gasteiger charge is 2.39. The molecule has 25 heavy (non-hydrogen) atoms. The van der Waals surface area contributed by atoms with Crippen molar-refractivity contribution in [1.82, 2.24) is 4.90 Å². The second-order valence-electron chi connectivity index (χ2n) is 6.80. The molecule has 4 heteroatoms. The van der Waals surface area contributed by atoms with Crippen LogP contribution in [-0.2, 0) is 16.1 Å². The van der Waals surface area contributed by atoms with Crippen LogP contribution in [0.2, 0.25) is 0 Å². The van der Waals surface area contributed by atoms with Crippen LogP contribution >= 0.6 is 0 Å². The van der Waals surface area contributed by atoms with Gasteiger partial charge in [-0.25, -0.2) is 0 Å². The summed E-state index contributed by atoms with van der Waals surface area (Å²) in [5.74, 6) is -0.756. The van der Waals surface area contributed by atoms with Crippen molar-refractivity contribution < 1.29 is 9.59 Å². The Labute approximate surface area is 149 Å². The van der Waals surface area contributed by atoms with Gasteiger partial charge in [-0.3, -0.25) is 9.59 Å². The van der Waals surface area contributed by atoms with Gasteiger partial charge < -0.3 is 9.80 Å². The van der Waals surface area contributed by atoms with Gasteiger partial charge in [-0.15, -0.1) is 0 Å². The van der Waals surface area contributed by atoms with Crippen molar-refractivity contribution >= 4 is 17.5 Å². The Hall–Kier alpha value is -2.62. The fourth-order valence-corrected chi connectivity index (χ4v) is 3.36. The fraction of sp³-hybridized carbons (Fsp3) is 0.333. The van der Waals surface area contributed by atoms with Gasteiger partial charge in [0.1, 0.15) is 5.92 Å². The summed E-state index contributed by atoms with van der Waals surface area (Å²) in [6, 6.07) is 15.9. The summed E-state index contributed by atoms with van der Waals surface area (Å²) < 4.78 is 0. The zero-order chi connectivity index (χ0) is 18.0. The standard InChI is InChI=1S/C21H24N2O2/c1-15-9-10-16(2)19(13-15)23-12-11-18(21(23)25)20(24)22(3)14-17-7-5-4-6-8-17/h4-10,13,18H,11-12,14H2,1-3H3. The highest BCUT2D eigenvalue weighted by molar-refractivity contribution is 6.09. The highest BCUT2D eigenvalue weighted by Crippen LogP contribution is 2.29. The third-order valence-electron chi connectivity index (χ3n) is 4.80. The summed E-state index contributed by atoms with van der Waals surface area (Å²) in [6.45, 7) is 5.13. The lowest BCUT2D eigenvalue weighted by Gasteiger charge is -2.22. The smallest absolute Gasteiger partial charge is 0.239 e. The molecule has 1 fully saturated rings. The molecule has 0 spiro atoms. The van der Waals surface area contributed by atoms with Crippen molar-refractivity contribution in [2.45, 2.75) is 26.8 Å². The number of hydrogen-bond acceptors (Lipinski definition) is 2. The molecule has 2 amide bonds. The molecule has 3 rings (SSSR count). The van der Waals surface area contributed by atoms with E-state index in [0.717, 1.165) is 22.4 Å². The number of carbonyl (C=O) groups excluding carboxylic acids is 2. The minimum absolute atomic E-state index is 0.0846. The van der Waals surface area contributed by atoms with Gasteiger partial charge in [0.15, 0.2) is 0 Å². The second-order valence-corrected chi connectivity index (χ2v) is 6.80. The van der Waals surface area contributed by atoms with Crippen molar-refractivity contribution in [3.8, 4) is 0 Å². The van der Waals surface area contributed by atoms with Gasteiger partial charge in [0, 0.05) is 25.8 Å². The maximum Gasteiger partial charge on any atom is 0.239 e. The van der Waals surface area contributed by atoms with Crippen molar-refractivity contribution in [3.05, 3.63) is 65.2 Å². The van der Waals surface area contributed by atoms with Crippen LogP contribution in [0.1, 0.15) is 23.1 Å². The first-order chi connectivity index (χ1) is 12.0. The number of nitrogens with zero attached hydrogens (tertiary/aromatic N) is 2. The lowest BCUT2D eigenvalue weighted by atomic mass is 10.1. The van der Waals surface area contributed by atoms with E-state index in [1.165, 1.54) is 0 Å². The number of anilines is 1. The van der Waals surface area contributed by atoms with Gasteiger partial charge in [-0.1, -0.05) is 42.5 Å². The van der Waals surface area contributed by atoms with Crippen LogP contribution in [0.15, 0.2) is 48.5 Å². The Morgan fingerprint density at radius 1 is 1.16 bits per heavy atom. The van der Waals surface area contributed by atoms with E-state index in [-0.39, 0.29) is 11.8 Å². The molecule has 0 aromatic heterocycles. The van der Waals surface area contributed by atoms with Gasteiger partial charge in [-0.05, 0) is 43.0 Å². The van der Waals surface area contributed by atoms with E-state index in [0.29, 0.717) is 19.5 Å². The highest BCUT2D eigenvalue weighted by atomic mass is 16.2.